The van der Waals surface area contributed by atoms with Crippen molar-refractivity contribution in [2.45, 2.75) is 0 Å². The third-order valence-corrected chi connectivity index (χ3v) is 2.38. The number of nitro groups is 1. The fraction of sp³-hybridized carbons (Fsp3) is 0. The average Bonchev–Trinajstić information content (AvgIpc) is 2.47. The molecule has 0 aromatic carbocycles. The SMILES string of the molecule is O=[N+]([O-])c1cnc2n[nH]c(I)c2c1. The summed E-state index contributed by atoms with van der Waals surface area (Å²) in [5.74, 6) is 0. The van der Waals surface area contributed by atoms with E-state index in [4.69, 9.17) is 0 Å². The van der Waals surface area contributed by atoms with Crippen LogP contribution in [0.3, 0.4) is 0 Å². The molecule has 66 valence electrons. The molecule has 1 N–H and O–H groups in total. The second kappa shape index (κ2) is 2.91. The first-order valence-electron chi connectivity index (χ1n) is 3.32. The van der Waals surface area contributed by atoms with Gasteiger partial charge in [0.25, 0.3) is 5.69 Å². The van der Waals surface area contributed by atoms with E-state index in [1.807, 2.05) is 22.6 Å². The number of hydrogen-bond donors (Lipinski definition) is 1. The van der Waals surface area contributed by atoms with Gasteiger partial charge in [-0.1, -0.05) is 0 Å². The van der Waals surface area contributed by atoms with Crippen LogP contribution in [0.5, 0.6) is 0 Å². The Bertz CT molecular complexity index is 480. The van der Waals surface area contributed by atoms with E-state index in [0.717, 1.165) is 3.70 Å². The molecule has 0 saturated heterocycles. The molecule has 2 heterocycles. The summed E-state index contributed by atoms with van der Waals surface area (Å²) in [7, 11) is 0. The quantitative estimate of drug-likeness (QED) is 0.489. The number of fused-ring (bicyclic) bond motifs is 1. The highest BCUT2D eigenvalue weighted by Crippen LogP contribution is 2.20. The summed E-state index contributed by atoms with van der Waals surface area (Å²) in [6.07, 6.45) is 1.19. The first-order chi connectivity index (χ1) is 6.18. The van der Waals surface area contributed by atoms with Gasteiger partial charge in [0, 0.05) is 6.07 Å². The predicted molar refractivity (Wildman–Crippen MR) is 53.3 cm³/mol. The molecule has 0 atom stereocenters. The van der Waals surface area contributed by atoms with Crippen LogP contribution >= 0.6 is 22.6 Å². The molecule has 0 fully saturated rings. The number of nitrogens with one attached hydrogen (secondary N) is 1. The minimum absolute atomic E-state index is 0.0215. The van der Waals surface area contributed by atoms with Crippen molar-refractivity contribution >= 4 is 39.3 Å². The highest BCUT2D eigenvalue weighted by atomic mass is 127. The van der Waals surface area contributed by atoms with Gasteiger partial charge in [0.05, 0.1) is 10.3 Å². The summed E-state index contributed by atoms with van der Waals surface area (Å²) < 4.78 is 0.754. The Labute approximate surface area is 85.6 Å². The smallest absolute Gasteiger partial charge is 0.269 e. The molecule has 0 bridgehead atoms. The first kappa shape index (κ1) is 8.35. The lowest BCUT2D eigenvalue weighted by Gasteiger charge is -1.89. The van der Waals surface area contributed by atoms with Gasteiger partial charge in [0.2, 0.25) is 0 Å². The molecule has 0 unspecified atom stereocenters. The minimum atomic E-state index is -0.477. The Morgan fingerprint density at radius 2 is 2.38 bits per heavy atom. The molecule has 0 radical (unpaired) electrons. The molecule has 0 aliphatic rings. The van der Waals surface area contributed by atoms with Crippen molar-refractivity contribution in [3.8, 4) is 0 Å². The monoisotopic (exact) mass is 290 g/mol. The fourth-order valence-corrected chi connectivity index (χ4v) is 1.48. The molecule has 0 amide bonds. The van der Waals surface area contributed by atoms with Crippen LogP contribution in [0.15, 0.2) is 12.3 Å². The lowest BCUT2D eigenvalue weighted by molar-refractivity contribution is -0.385. The van der Waals surface area contributed by atoms with Crippen LogP contribution in [0.2, 0.25) is 0 Å². The van der Waals surface area contributed by atoms with Gasteiger partial charge in [-0.3, -0.25) is 15.2 Å². The third kappa shape index (κ3) is 1.34. The molecular weight excluding hydrogens is 287 g/mol. The van der Waals surface area contributed by atoms with Gasteiger partial charge in [-0.05, 0) is 22.6 Å². The first-order valence-corrected chi connectivity index (χ1v) is 4.40. The number of nitrogens with zero attached hydrogens (tertiary/aromatic N) is 3. The zero-order valence-corrected chi connectivity index (χ0v) is 8.35. The highest BCUT2D eigenvalue weighted by Gasteiger charge is 2.10. The Balaban J connectivity index is 2.72. The van der Waals surface area contributed by atoms with Crippen LogP contribution in [-0.2, 0) is 0 Å². The highest BCUT2D eigenvalue weighted by molar-refractivity contribution is 14.1. The molecule has 0 saturated carbocycles. The van der Waals surface area contributed by atoms with E-state index in [1.54, 1.807) is 0 Å². The maximum atomic E-state index is 10.4. The van der Waals surface area contributed by atoms with Crippen LogP contribution < -0.4 is 0 Å². The van der Waals surface area contributed by atoms with Gasteiger partial charge < -0.3 is 0 Å². The summed E-state index contributed by atoms with van der Waals surface area (Å²) >= 11 is 2.01. The van der Waals surface area contributed by atoms with E-state index in [1.165, 1.54) is 12.3 Å². The predicted octanol–water partition coefficient (Wildman–Crippen LogP) is 1.47. The van der Waals surface area contributed by atoms with E-state index >= 15 is 0 Å². The molecule has 2 rings (SSSR count). The number of aromatic nitrogens is 3. The topological polar surface area (TPSA) is 84.7 Å². The van der Waals surface area contributed by atoms with E-state index in [9.17, 15) is 10.1 Å². The number of aromatic amines is 1. The average molecular weight is 290 g/mol. The maximum absolute atomic E-state index is 10.4. The molecule has 13 heavy (non-hydrogen) atoms. The minimum Gasteiger partial charge on any atom is -0.269 e. The number of halogens is 1. The van der Waals surface area contributed by atoms with Gasteiger partial charge in [-0.2, -0.15) is 5.10 Å². The normalized spacial score (nSPS) is 10.5. The number of H-pyrrole nitrogens is 1. The van der Waals surface area contributed by atoms with Crippen LogP contribution in [0, 0.1) is 13.8 Å². The van der Waals surface area contributed by atoms with Gasteiger partial charge in [0.15, 0.2) is 5.65 Å². The van der Waals surface area contributed by atoms with Gasteiger partial charge >= 0.3 is 0 Å². The number of hydrogen-bond acceptors (Lipinski definition) is 4. The zero-order chi connectivity index (χ0) is 9.42. The third-order valence-electron chi connectivity index (χ3n) is 1.56. The van der Waals surface area contributed by atoms with Gasteiger partial charge in [-0.25, -0.2) is 4.98 Å². The van der Waals surface area contributed by atoms with E-state index in [2.05, 4.69) is 15.2 Å². The van der Waals surface area contributed by atoms with Crippen LogP contribution in [0.1, 0.15) is 0 Å². The van der Waals surface area contributed by atoms with Crippen molar-refractivity contribution in [2.75, 3.05) is 0 Å². The summed E-state index contributed by atoms with van der Waals surface area (Å²) in [6, 6.07) is 1.45. The summed E-state index contributed by atoms with van der Waals surface area (Å²) in [5, 5.41) is 17.6. The van der Waals surface area contributed by atoms with Crippen LogP contribution in [0.25, 0.3) is 11.0 Å². The van der Waals surface area contributed by atoms with E-state index < -0.39 is 4.92 Å². The Morgan fingerprint density at radius 1 is 1.62 bits per heavy atom. The maximum Gasteiger partial charge on any atom is 0.288 e. The van der Waals surface area contributed by atoms with Gasteiger partial charge in [-0.15, -0.1) is 0 Å². The van der Waals surface area contributed by atoms with Crippen molar-refractivity contribution in [1.82, 2.24) is 15.2 Å². The van der Waals surface area contributed by atoms with E-state index in [0.29, 0.717) is 11.0 Å². The van der Waals surface area contributed by atoms with Crippen LogP contribution in [-0.4, -0.2) is 20.1 Å². The number of rotatable bonds is 1. The lowest BCUT2D eigenvalue weighted by atomic mass is 10.3. The van der Waals surface area contributed by atoms with Crippen molar-refractivity contribution in [2.24, 2.45) is 0 Å². The fourth-order valence-electron chi connectivity index (χ4n) is 0.959. The molecule has 2 aromatic heterocycles. The largest absolute Gasteiger partial charge is 0.288 e. The summed E-state index contributed by atoms with van der Waals surface area (Å²) in [6.45, 7) is 0. The molecule has 7 heteroatoms. The van der Waals surface area contributed by atoms with E-state index in [-0.39, 0.29) is 5.69 Å². The molecule has 6 nitrogen and oxygen atoms in total. The second-order valence-corrected chi connectivity index (χ2v) is 3.44. The number of pyridine rings is 1. The van der Waals surface area contributed by atoms with Crippen molar-refractivity contribution in [3.63, 3.8) is 0 Å². The lowest BCUT2D eigenvalue weighted by Crippen LogP contribution is -1.88. The summed E-state index contributed by atoms with van der Waals surface area (Å²) in [5.41, 5.74) is 0.474. The summed E-state index contributed by atoms with van der Waals surface area (Å²) in [4.78, 5) is 13.8. The zero-order valence-electron chi connectivity index (χ0n) is 6.19. The molecule has 0 spiro atoms. The van der Waals surface area contributed by atoms with Crippen molar-refractivity contribution in [1.29, 1.82) is 0 Å². The second-order valence-electron chi connectivity index (χ2n) is 2.36. The van der Waals surface area contributed by atoms with Gasteiger partial charge in [0.1, 0.15) is 9.90 Å². The van der Waals surface area contributed by atoms with Crippen LogP contribution in [0.4, 0.5) is 5.69 Å². The van der Waals surface area contributed by atoms with Crippen molar-refractivity contribution < 1.29 is 4.92 Å². The molecule has 2 aromatic rings. The molecule has 0 aliphatic carbocycles. The Hall–Kier alpha value is -1.25. The Kier molecular flexibility index (Phi) is 1.87. The van der Waals surface area contributed by atoms with Crippen molar-refractivity contribution in [3.05, 3.63) is 26.1 Å². The molecule has 0 aliphatic heterocycles. The standard InChI is InChI=1S/C6H3IN4O2/c7-5-4-1-3(11(12)13)2-8-6(4)10-9-5/h1-2H,(H,8,9,10). The Morgan fingerprint density at radius 3 is 3.08 bits per heavy atom. The molecular formula is C6H3IN4O2.